The minimum Gasteiger partial charge on any atom is -0.392 e. The number of carbonyl (C=O) groups excluding carboxylic acids is 4. The summed E-state index contributed by atoms with van der Waals surface area (Å²) < 4.78 is 9.10. The highest BCUT2D eigenvalue weighted by Crippen LogP contribution is 2.04. The fourth-order valence-corrected chi connectivity index (χ4v) is 1.79. The summed E-state index contributed by atoms with van der Waals surface area (Å²) >= 11 is 0. The van der Waals surface area contributed by atoms with E-state index in [1.807, 2.05) is 0 Å². The van der Waals surface area contributed by atoms with Crippen LogP contribution in [0.15, 0.2) is 0 Å². The largest absolute Gasteiger partial charge is 0.392 e. The monoisotopic (exact) mass is 375 g/mol. The standard InChI is InChI=1S/C15H29N5O6/c16-7-1-3-9(18)13(22)25-12(21)6-5-11(20)15(24)26-14(23)10(19)4-2-8-17/h9-11H,1-8,16-20H2/t9-,10-,11+/m1/s1. The number of hydrogen-bond acceptors (Lipinski definition) is 11. The number of nitrogens with two attached hydrogens (primary N) is 5. The van der Waals surface area contributed by atoms with E-state index in [-0.39, 0.29) is 19.3 Å². The first-order valence-corrected chi connectivity index (χ1v) is 8.39. The van der Waals surface area contributed by atoms with E-state index in [9.17, 15) is 19.2 Å². The second kappa shape index (κ2) is 13.3. The third-order valence-electron chi connectivity index (χ3n) is 3.42. The van der Waals surface area contributed by atoms with Crippen molar-refractivity contribution in [3.63, 3.8) is 0 Å². The Labute approximate surface area is 151 Å². The van der Waals surface area contributed by atoms with Crippen LogP contribution in [0, 0.1) is 0 Å². The van der Waals surface area contributed by atoms with Crippen LogP contribution in [0.3, 0.4) is 0 Å². The molecule has 0 aliphatic rings. The van der Waals surface area contributed by atoms with Crippen LogP contribution in [0.25, 0.3) is 0 Å². The predicted octanol–water partition coefficient (Wildman–Crippen LogP) is -2.63. The Kier molecular flexibility index (Phi) is 12.3. The Morgan fingerprint density at radius 1 is 0.654 bits per heavy atom. The average molecular weight is 375 g/mol. The zero-order valence-electron chi connectivity index (χ0n) is 14.7. The second-order valence-electron chi connectivity index (χ2n) is 5.75. The zero-order chi connectivity index (χ0) is 20.1. The van der Waals surface area contributed by atoms with Crippen LogP contribution in [0.4, 0.5) is 0 Å². The lowest BCUT2D eigenvalue weighted by Gasteiger charge is -2.13. The van der Waals surface area contributed by atoms with Gasteiger partial charge in [0.2, 0.25) is 0 Å². The molecule has 0 aromatic heterocycles. The SMILES string of the molecule is NCCC[C@@H](N)C(=O)OC(=O)CC[C@H](N)C(=O)OC(=O)[C@H](N)CCCN. The van der Waals surface area contributed by atoms with Gasteiger partial charge in [0, 0.05) is 6.42 Å². The lowest BCUT2D eigenvalue weighted by molar-refractivity contribution is -0.161. The summed E-state index contributed by atoms with van der Waals surface area (Å²) in [5, 5.41) is 0. The van der Waals surface area contributed by atoms with Crippen LogP contribution in [0.5, 0.6) is 0 Å². The minimum atomic E-state index is -1.24. The molecule has 0 aromatic rings. The van der Waals surface area contributed by atoms with Gasteiger partial charge in [-0.3, -0.25) is 4.79 Å². The van der Waals surface area contributed by atoms with Crippen molar-refractivity contribution in [3.05, 3.63) is 0 Å². The quantitative estimate of drug-likeness (QED) is 0.175. The van der Waals surface area contributed by atoms with Crippen molar-refractivity contribution in [1.29, 1.82) is 0 Å². The summed E-state index contributed by atoms with van der Waals surface area (Å²) in [6.45, 7) is 0.714. The molecule has 0 radical (unpaired) electrons. The number of ether oxygens (including phenoxy) is 2. The third kappa shape index (κ3) is 10.2. The Bertz CT molecular complexity index is 487. The first-order chi connectivity index (χ1) is 12.2. The van der Waals surface area contributed by atoms with E-state index in [0.717, 1.165) is 0 Å². The number of hydrogen-bond donors (Lipinski definition) is 5. The fraction of sp³-hybridized carbons (Fsp3) is 0.733. The Balaban J connectivity index is 4.20. The van der Waals surface area contributed by atoms with Crippen molar-refractivity contribution in [2.75, 3.05) is 13.1 Å². The summed E-state index contributed by atoms with van der Waals surface area (Å²) in [7, 11) is 0. The molecule has 0 bridgehead atoms. The van der Waals surface area contributed by atoms with E-state index in [1.165, 1.54) is 0 Å². The average Bonchev–Trinajstić information content (AvgIpc) is 2.61. The van der Waals surface area contributed by atoms with Gasteiger partial charge in [0.1, 0.15) is 18.1 Å². The van der Waals surface area contributed by atoms with Gasteiger partial charge in [-0.2, -0.15) is 0 Å². The second-order valence-corrected chi connectivity index (χ2v) is 5.75. The smallest absolute Gasteiger partial charge is 0.330 e. The molecular formula is C15H29N5O6. The van der Waals surface area contributed by atoms with E-state index in [1.54, 1.807) is 0 Å². The van der Waals surface area contributed by atoms with E-state index in [0.29, 0.717) is 32.4 Å². The van der Waals surface area contributed by atoms with Crippen molar-refractivity contribution in [2.45, 2.75) is 56.7 Å². The molecule has 0 amide bonds. The lowest BCUT2D eigenvalue weighted by Crippen LogP contribution is -2.40. The summed E-state index contributed by atoms with van der Waals surface area (Å²) in [6, 6.07) is -3.17. The molecule has 0 spiro atoms. The van der Waals surface area contributed by atoms with Gasteiger partial charge in [-0.1, -0.05) is 0 Å². The summed E-state index contributed by atoms with van der Waals surface area (Å²) in [5.74, 6) is -3.69. The maximum Gasteiger partial charge on any atom is 0.330 e. The van der Waals surface area contributed by atoms with E-state index in [4.69, 9.17) is 28.7 Å². The zero-order valence-corrected chi connectivity index (χ0v) is 14.7. The highest BCUT2D eigenvalue weighted by atomic mass is 16.6. The molecule has 0 aliphatic heterocycles. The highest BCUT2D eigenvalue weighted by molar-refractivity contribution is 5.91. The van der Waals surface area contributed by atoms with E-state index in [2.05, 4.69) is 9.47 Å². The molecule has 0 rings (SSSR count). The number of esters is 4. The molecule has 26 heavy (non-hydrogen) atoms. The van der Waals surface area contributed by atoms with Gasteiger partial charge in [0.25, 0.3) is 0 Å². The van der Waals surface area contributed by atoms with Crippen molar-refractivity contribution < 1.29 is 28.7 Å². The molecule has 150 valence electrons. The van der Waals surface area contributed by atoms with Crippen molar-refractivity contribution in [1.82, 2.24) is 0 Å². The lowest BCUT2D eigenvalue weighted by atomic mass is 10.1. The van der Waals surface area contributed by atoms with Crippen molar-refractivity contribution in [3.8, 4) is 0 Å². The van der Waals surface area contributed by atoms with Crippen LogP contribution in [0.2, 0.25) is 0 Å². The van der Waals surface area contributed by atoms with Crippen LogP contribution in [0.1, 0.15) is 38.5 Å². The summed E-state index contributed by atoms with van der Waals surface area (Å²) in [4.78, 5) is 46.4. The van der Waals surface area contributed by atoms with Crippen LogP contribution in [-0.4, -0.2) is 55.1 Å². The third-order valence-corrected chi connectivity index (χ3v) is 3.42. The maximum atomic E-state index is 11.7. The van der Waals surface area contributed by atoms with E-state index < -0.39 is 42.0 Å². The molecule has 11 nitrogen and oxygen atoms in total. The fourth-order valence-electron chi connectivity index (χ4n) is 1.79. The number of carbonyl (C=O) groups is 4. The molecule has 0 aromatic carbocycles. The maximum absolute atomic E-state index is 11.7. The molecule has 0 saturated carbocycles. The van der Waals surface area contributed by atoms with Crippen molar-refractivity contribution in [2.24, 2.45) is 28.7 Å². The molecule has 10 N–H and O–H groups in total. The first kappa shape index (κ1) is 24.1. The molecule has 0 saturated heterocycles. The van der Waals surface area contributed by atoms with Gasteiger partial charge in [-0.15, -0.1) is 0 Å². The highest BCUT2D eigenvalue weighted by Gasteiger charge is 2.24. The Hall–Kier alpha value is -1.92. The normalized spacial score (nSPS) is 14.2. The van der Waals surface area contributed by atoms with E-state index >= 15 is 0 Å². The number of rotatable bonds is 12. The van der Waals surface area contributed by atoms with Crippen LogP contribution in [-0.2, 0) is 28.7 Å². The van der Waals surface area contributed by atoms with Gasteiger partial charge in [-0.05, 0) is 45.2 Å². The van der Waals surface area contributed by atoms with Gasteiger partial charge in [-0.25, -0.2) is 14.4 Å². The molecule has 0 heterocycles. The molecule has 3 atom stereocenters. The van der Waals surface area contributed by atoms with Crippen molar-refractivity contribution >= 4 is 23.9 Å². The molecule has 0 aliphatic carbocycles. The van der Waals surface area contributed by atoms with Crippen LogP contribution >= 0.6 is 0 Å². The predicted molar refractivity (Wildman–Crippen MR) is 91.9 cm³/mol. The first-order valence-electron chi connectivity index (χ1n) is 8.39. The Morgan fingerprint density at radius 2 is 1.04 bits per heavy atom. The van der Waals surface area contributed by atoms with Gasteiger partial charge >= 0.3 is 23.9 Å². The van der Waals surface area contributed by atoms with Gasteiger partial charge in [0.05, 0.1) is 0 Å². The minimum absolute atomic E-state index is 0.172. The van der Waals surface area contributed by atoms with Gasteiger partial charge < -0.3 is 38.1 Å². The van der Waals surface area contributed by atoms with Gasteiger partial charge in [0.15, 0.2) is 0 Å². The topological polar surface area (TPSA) is 217 Å². The Morgan fingerprint density at radius 3 is 1.46 bits per heavy atom. The summed E-state index contributed by atoms with van der Waals surface area (Å²) in [5.41, 5.74) is 27.2. The van der Waals surface area contributed by atoms with Crippen LogP contribution < -0.4 is 28.7 Å². The molecular weight excluding hydrogens is 346 g/mol. The molecule has 0 fully saturated rings. The molecule has 11 heteroatoms. The molecule has 0 unspecified atom stereocenters. The summed E-state index contributed by atoms with van der Waals surface area (Å²) in [6.07, 6.45) is 1.09.